The Kier molecular flexibility index (Phi) is 5.54. The SMILES string of the molecule is CCc1ccc(/C=C2/SC(=S)N(NC(=O)c3ccc(C)cc3)C2=O)cc1. The standard InChI is InChI=1S/C20H18N2O2S2/c1-3-14-6-8-15(9-7-14)12-17-19(24)22(20(25)26-17)21-18(23)16-10-4-13(2)5-11-16/h4-12H,3H2,1-2H3,(H,21,23)/b17-12+. The van der Waals surface area contributed by atoms with Crippen LogP contribution in [0.25, 0.3) is 6.08 Å². The van der Waals surface area contributed by atoms with Crippen molar-refractivity contribution in [3.63, 3.8) is 0 Å². The summed E-state index contributed by atoms with van der Waals surface area (Å²) in [6, 6.07) is 15.1. The van der Waals surface area contributed by atoms with Gasteiger partial charge < -0.3 is 0 Å². The Morgan fingerprint density at radius 3 is 2.42 bits per heavy atom. The third kappa shape index (κ3) is 4.03. The van der Waals surface area contributed by atoms with Gasteiger partial charge in [-0.2, -0.15) is 5.01 Å². The summed E-state index contributed by atoms with van der Waals surface area (Å²) in [4.78, 5) is 25.4. The molecule has 0 radical (unpaired) electrons. The first-order valence-electron chi connectivity index (χ1n) is 8.22. The van der Waals surface area contributed by atoms with Gasteiger partial charge in [0.15, 0.2) is 4.32 Å². The number of hydrazine groups is 1. The maximum atomic E-state index is 12.6. The highest BCUT2D eigenvalue weighted by atomic mass is 32.2. The summed E-state index contributed by atoms with van der Waals surface area (Å²) in [6.07, 6.45) is 2.75. The Balaban J connectivity index is 1.74. The topological polar surface area (TPSA) is 49.4 Å². The van der Waals surface area contributed by atoms with Gasteiger partial charge in [-0.15, -0.1) is 0 Å². The second-order valence-corrected chi connectivity index (χ2v) is 7.59. The molecule has 1 saturated heterocycles. The smallest absolute Gasteiger partial charge is 0.267 e. The molecule has 0 aromatic heterocycles. The first kappa shape index (κ1) is 18.4. The Hall–Kier alpha value is -2.44. The fourth-order valence-corrected chi connectivity index (χ4v) is 3.62. The van der Waals surface area contributed by atoms with E-state index in [2.05, 4.69) is 12.3 Å². The van der Waals surface area contributed by atoms with Crippen molar-refractivity contribution >= 4 is 46.2 Å². The van der Waals surface area contributed by atoms with E-state index in [1.165, 1.54) is 17.3 Å². The maximum absolute atomic E-state index is 12.6. The molecule has 26 heavy (non-hydrogen) atoms. The van der Waals surface area contributed by atoms with E-state index in [9.17, 15) is 9.59 Å². The fraction of sp³-hybridized carbons (Fsp3) is 0.150. The number of carbonyl (C=O) groups is 2. The van der Waals surface area contributed by atoms with E-state index < -0.39 is 0 Å². The summed E-state index contributed by atoms with van der Waals surface area (Å²) in [6.45, 7) is 4.04. The quantitative estimate of drug-likeness (QED) is 0.639. The number of rotatable bonds is 4. The average Bonchev–Trinajstić information content (AvgIpc) is 2.90. The zero-order valence-corrected chi connectivity index (χ0v) is 16.1. The molecule has 132 valence electrons. The van der Waals surface area contributed by atoms with Gasteiger partial charge in [0.1, 0.15) is 0 Å². The molecule has 0 unspecified atom stereocenters. The number of nitrogens with one attached hydrogen (secondary N) is 1. The lowest BCUT2D eigenvalue weighted by molar-refractivity contribution is -0.123. The Morgan fingerprint density at radius 1 is 1.15 bits per heavy atom. The molecule has 6 heteroatoms. The van der Waals surface area contributed by atoms with Crippen LogP contribution in [0.15, 0.2) is 53.4 Å². The molecule has 0 saturated carbocycles. The van der Waals surface area contributed by atoms with Gasteiger partial charge in [0.2, 0.25) is 0 Å². The number of benzene rings is 2. The molecule has 4 nitrogen and oxygen atoms in total. The van der Waals surface area contributed by atoms with Crippen LogP contribution in [0.1, 0.15) is 34.0 Å². The van der Waals surface area contributed by atoms with Gasteiger partial charge >= 0.3 is 0 Å². The highest BCUT2D eigenvalue weighted by Crippen LogP contribution is 2.31. The van der Waals surface area contributed by atoms with Crippen LogP contribution >= 0.6 is 24.0 Å². The van der Waals surface area contributed by atoms with Crippen molar-refractivity contribution in [2.24, 2.45) is 0 Å². The number of hydrogen-bond acceptors (Lipinski definition) is 4. The molecule has 2 aromatic rings. The van der Waals surface area contributed by atoms with Gasteiger partial charge in [-0.1, -0.05) is 60.6 Å². The third-order valence-electron chi connectivity index (χ3n) is 4.01. The highest BCUT2D eigenvalue weighted by molar-refractivity contribution is 8.26. The van der Waals surface area contributed by atoms with Crippen LogP contribution < -0.4 is 5.43 Å². The fourth-order valence-electron chi connectivity index (χ4n) is 2.44. The molecule has 2 amide bonds. The third-order valence-corrected chi connectivity index (χ3v) is 5.31. The van der Waals surface area contributed by atoms with Crippen LogP contribution in [0.3, 0.4) is 0 Å². The molecule has 1 fully saturated rings. The second kappa shape index (κ2) is 7.85. The first-order valence-corrected chi connectivity index (χ1v) is 9.45. The van der Waals surface area contributed by atoms with Crippen LogP contribution in [0.2, 0.25) is 0 Å². The number of aryl methyl sites for hydroxylation is 2. The molecule has 1 N–H and O–H groups in total. The Labute approximate surface area is 162 Å². The summed E-state index contributed by atoms with van der Waals surface area (Å²) in [5.74, 6) is -0.685. The molecule has 0 spiro atoms. The lowest BCUT2D eigenvalue weighted by Crippen LogP contribution is -2.44. The number of thiocarbonyl (C=S) groups is 1. The molecule has 1 heterocycles. The van der Waals surface area contributed by atoms with E-state index in [4.69, 9.17) is 12.2 Å². The predicted molar refractivity (Wildman–Crippen MR) is 109 cm³/mol. The summed E-state index contributed by atoms with van der Waals surface area (Å²) in [7, 11) is 0. The lowest BCUT2D eigenvalue weighted by Gasteiger charge is -2.15. The number of amides is 2. The average molecular weight is 383 g/mol. The van der Waals surface area contributed by atoms with Gasteiger partial charge in [0, 0.05) is 5.56 Å². The Bertz CT molecular complexity index is 887. The predicted octanol–water partition coefficient (Wildman–Crippen LogP) is 4.10. The van der Waals surface area contributed by atoms with E-state index in [-0.39, 0.29) is 11.8 Å². The molecule has 0 bridgehead atoms. The van der Waals surface area contributed by atoms with Crippen molar-refractivity contribution in [2.75, 3.05) is 0 Å². The van der Waals surface area contributed by atoms with Gasteiger partial charge in [-0.3, -0.25) is 15.0 Å². The van der Waals surface area contributed by atoms with Crippen LogP contribution in [-0.4, -0.2) is 21.1 Å². The summed E-state index contributed by atoms with van der Waals surface area (Å²) in [5.41, 5.74) is 6.29. The minimum absolute atomic E-state index is 0.312. The van der Waals surface area contributed by atoms with E-state index >= 15 is 0 Å². The molecule has 3 rings (SSSR count). The van der Waals surface area contributed by atoms with Crippen LogP contribution in [0.4, 0.5) is 0 Å². The number of carbonyl (C=O) groups excluding carboxylic acids is 2. The maximum Gasteiger partial charge on any atom is 0.285 e. The molecule has 1 aliphatic heterocycles. The van der Waals surface area contributed by atoms with Crippen LogP contribution in [0.5, 0.6) is 0 Å². The molecular weight excluding hydrogens is 364 g/mol. The van der Waals surface area contributed by atoms with Crippen molar-refractivity contribution < 1.29 is 9.59 Å². The zero-order chi connectivity index (χ0) is 18.7. The minimum Gasteiger partial charge on any atom is -0.267 e. The van der Waals surface area contributed by atoms with Crippen LogP contribution in [-0.2, 0) is 11.2 Å². The van der Waals surface area contributed by atoms with Crippen molar-refractivity contribution in [3.8, 4) is 0 Å². The van der Waals surface area contributed by atoms with Crippen molar-refractivity contribution in [1.29, 1.82) is 0 Å². The van der Waals surface area contributed by atoms with Crippen molar-refractivity contribution in [2.45, 2.75) is 20.3 Å². The zero-order valence-electron chi connectivity index (χ0n) is 14.5. The molecule has 2 aromatic carbocycles. The molecular formula is C20H18N2O2S2. The normalized spacial score (nSPS) is 15.6. The highest BCUT2D eigenvalue weighted by Gasteiger charge is 2.33. The number of thioether (sulfide) groups is 1. The molecule has 1 aliphatic rings. The number of hydrogen-bond donors (Lipinski definition) is 1. The Morgan fingerprint density at radius 2 is 1.81 bits per heavy atom. The largest absolute Gasteiger partial charge is 0.285 e. The number of nitrogens with zero attached hydrogens (tertiary/aromatic N) is 1. The van der Waals surface area contributed by atoms with Crippen molar-refractivity contribution in [3.05, 3.63) is 75.7 Å². The van der Waals surface area contributed by atoms with E-state index in [1.807, 2.05) is 43.3 Å². The summed E-state index contributed by atoms with van der Waals surface area (Å²) >= 11 is 6.43. The van der Waals surface area contributed by atoms with Gasteiger partial charge in [-0.05, 0) is 54.9 Å². The monoisotopic (exact) mass is 382 g/mol. The van der Waals surface area contributed by atoms with E-state index in [1.54, 1.807) is 18.2 Å². The van der Waals surface area contributed by atoms with E-state index in [0.717, 1.165) is 22.6 Å². The van der Waals surface area contributed by atoms with Gasteiger partial charge in [-0.25, -0.2) is 0 Å². The van der Waals surface area contributed by atoms with Crippen molar-refractivity contribution in [1.82, 2.24) is 10.4 Å². The minimum atomic E-state index is -0.366. The van der Waals surface area contributed by atoms with Crippen LogP contribution in [0, 0.1) is 6.92 Å². The lowest BCUT2D eigenvalue weighted by atomic mass is 10.1. The van der Waals surface area contributed by atoms with Gasteiger partial charge in [0.25, 0.3) is 11.8 Å². The molecule has 0 atom stereocenters. The summed E-state index contributed by atoms with van der Waals surface area (Å²) < 4.78 is 0.312. The first-order chi connectivity index (χ1) is 12.5. The summed E-state index contributed by atoms with van der Waals surface area (Å²) in [5, 5.41) is 1.13. The molecule has 0 aliphatic carbocycles. The van der Waals surface area contributed by atoms with Gasteiger partial charge in [0.05, 0.1) is 4.91 Å². The van der Waals surface area contributed by atoms with E-state index in [0.29, 0.717) is 14.8 Å². The second-order valence-electron chi connectivity index (χ2n) is 5.92.